The lowest BCUT2D eigenvalue weighted by atomic mass is 9.95. The summed E-state index contributed by atoms with van der Waals surface area (Å²) in [6.07, 6.45) is 3.90. The number of halogens is 2. The maximum atomic E-state index is 13.7. The van der Waals surface area contributed by atoms with E-state index in [4.69, 9.17) is 4.74 Å². The third-order valence-corrected chi connectivity index (χ3v) is 3.58. The first-order valence-corrected chi connectivity index (χ1v) is 6.99. The molecule has 1 aromatic carbocycles. The molecule has 1 aliphatic heterocycles. The summed E-state index contributed by atoms with van der Waals surface area (Å²) in [6.45, 7) is 3.61. The molecule has 0 saturated carbocycles. The lowest BCUT2D eigenvalue weighted by Gasteiger charge is -2.31. The fraction of sp³-hybridized carbons (Fsp3) is 0.600. The summed E-state index contributed by atoms with van der Waals surface area (Å²) in [5.41, 5.74) is 0.543. The van der Waals surface area contributed by atoms with E-state index in [9.17, 15) is 8.78 Å². The first-order valence-electron chi connectivity index (χ1n) is 6.99. The number of benzene rings is 1. The van der Waals surface area contributed by atoms with Gasteiger partial charge < -0.3 is 10.1 Å². The van der Waals surface area contributed by atoms with E-state index < -0.39 is 11.6 Å². The van der Waals surface area contributed by atoms with Crippen molar-refractivity contribution >= 4 is 0 Å². The van der Waals surface area contributed by atoms with Gasteiger partial charge in [0.15, 0.2) is 0 Å². The molecule has 1 N–H and O–H groups in total. The van der Waals surface area contributed by atoms with Crippen molar-refractivity contribution in [2.24, 2.45) is 0 Å². The monoisotopic (exact) mass is 269 g/mol. The SMILES string of the molecule is CCNC(Cc1ccc(F)cc1F)C1CCCCO1. The van der Waals surface area contributed by atoms with E-state index >= 15 is 0 Å². The second-order valence-electron chi connectivity index (χ2n) is 5.01. The molecule has 2 atom stereocenters. The van der Waals surface area contributed by atoms with Crippen LogP contribution >= 0.6 is 0 Å². The Morgan fingerprint density at radius 1 is 1.37 bits per heavy atom. The van der Waals surface area contributed by atoms with Crippen LogP contribution in [0.4, 0.5) is 8.78 Å². The van der Waals surface area contributed by atoms with Crippen molar-refractivity contribution < 1.29 is 13.5 Å². The standard InChI is InChI=1S/C15H21F2NO/c1-2-18-14(15-5-3-4-8-19-15)9-11-6-7-12(16)10-13(11)17/h6-7,10,14-15,18H,2-5,8-9H2,1H3. The summed E-state index contributed by atoms with van der Waals surface area (Å²) in [5, 5.41) is 3.36. The third-order valence-electron chi connectivity index (χ3n) is 3.58. The molecule has 0 radical (unpaired) electrons. The van der Waals surface area contributed by atoms with Gasteiger partial charge in [0.25, 0.3) is 0 Å². The Hall–Kier alpha value is -1.00. The second-order valence-corrected chi connectivity index (χ2v) is 5.01. The van der Waals surface area contributed by atoms with Gasteiger partial charge in [-0.25, -0.2) is 8.78 Å². The second kappa shape index (κ2) is 6.96. The quantitative estimate of drug-likeness (QED) is 0.887. The molecule has 2 nitrogen and oxygen atoms in total. The number of ether oxygens (including phenoxy) is 1. The van der Waals surface area contributed by atoms with Gasteiger partial charge >= 0.3 is 0 Å². The van der Waals surface area contributed by atoms with Crippen molar-refractivity contribution in [2.75, 3.05) is 13.2 Å². The molecule has 2 rings (SSSR count). The minimum atomic E-state index is -0.532. The van der Waals surface area contributed by atoms with Gasteiger partial charge in [-0.1, -0.05) is 13.0 Å². The Morgan fingerprint density at radius 2 is 2.21 bits per heavy atom. The van der Waals surface area contributed by atoms with Crippen LogP contribution < -0.4 is 5.32 Å². The maximum absolute atomic E-state index is 13.7. The Bertz CT molecular complexity index is 405. The van der Waals surface area contributed by atoms with Crippen molar-refractivity contribution in [3.05, 3.63) is 35.4 Å². The molecule has 1 aliphatic rings. The van der Waals surface area contributed by atoms with Crippen LogP contribution in [0.25, 0.3) is 0 Å². The third kappa shape index (κ3) is 3.98. The molecule has 2 unspecified atom stereocenters. The zero-order valence-corrected chi connectivity index (χ0v) is 11.3. The topological polar surface area (TPSA) is 21.3 Å². The van der Waals surface area contributed by atoms with Crippen LogP contribution in [0.1, 0.15) is 31.7 Å². The van der Waals surface area contributed by atoms with E-state index in [1.807, 2.05) is 6.92 Å². The normalized spacial score (nSPS) is 21.3. The molecule has 0 aromatic heterocycles. The first kappa shape index (κ1) is 14.4. The van der Waals surface area contributed by atoms with Crippen LogP contribution in [0, 0.1) is 11.6 Å². The molecule has 19 heavy (non-hydrogen) atoms. The molecule has 0 amide bonds. The van der Waals surface area contributed by atoms with Gasteiger partial charge in [-0.3, -0.25) is 0 Å². The molecule has 1 saturated heterocycles. The molecule has 1 fully saturated rings. The number of hydrogen-bond donors (Lipinski definition) is 1. The minimum Gasteiger partial charge on any atom is -0.377 e. The zero-order valence-electron chi connectivity index (χ0n) is 11.3. The molecule has 0 bridgehead atoms. The van der Waals surface area contributed by atoms with Crippen molar-refractivity contribution in [1.82, 2.24) is 5.32 Å². The van der Waals surface area contributed by atoms with E-state index in [0.717, 1.165) is 38.5 Å². The van der Waals surface area contributed by atoms with Crippen molar-refractivity contribution in [3.8, 4) is 0 Å². The van der Waals surface area contributed by atoms with Gasteiger partial charge in [-0.05, 0) is 43.9 Å². The van der Waals surface area contributed by atoms with Crippen molar-refractivity contribution in [3.63, 3.8) is 0 Å². The van der Waals surface area contributed by atoms with Crippen LogP contribution in [0.2, 0.25) is 0 Å². The van der Waals surface area contributed by atoms with E-state index in [-0.39, 0.29) is 12.1 Å². The molecule has 0 aliphatic carbocycles. The first-order chi connectivity index (χ1) is 9.20. The number of hydrogen-bond acceptors (Lipinski definition) is 2. The zero-order chi connectivity index (χ0) is 13.7. The number of rotatable bonds is 5. The predicted octanol–water partition coefficient (Wildman–Crippen LogP) is 3.05. The van der Waals surface area contributed by atoms with E-state index in [0.29, 0.717) is 12.0 Å². The average molecular weight is 269 g/mol. The van der Waals surface area contributed by atoms with Gasteiger partial charge in [0.05, 0.1) is 6.10 Å². The Morgan fingerprint density at radius 3 is 2.84 bits per heavy atom. The average Bonchev–Trinajstić information content (AvgIpc) is 2.42. The van der Waals surface area contributed by atoms with Crippen molar-refractivity contribution in [1.29, 1.82) is 0 Å². The van der Waals surface area contributed by atoms with Gasteiger partial charge in [-0.2, -0.15) is 0 Å². The highest BCUT2D eigenvalue weighted by Gasteiger charge is 2.24. The smallest absolute Gasteiger partial charge is 0.129 e. The Balaban J connectivity index is 2.06. The summed E-state index contributed by atoms with van der Waals surface area (Å²) in [6, 6.07) is 3.87. The highest BCUT2D eigenvalue weighted by molar-refractivity contribution is 5.20. The number of nitrogens with one attached hydrogen (secondary N) is 1. The lowest BCUT2D eigenvalue weighted by molar-refractivity contribution is -0.00723. The molecular weight excluding hydrogens is 248 g/mol. The van der Waals surface area contributed by atoms with Crippen LogP contribution in [0.3, 0.4) is 0 Å². The van der Waals surface area contributed by atoms with Gasteiger partial charge in [-0.15, -0.1) is 0 Å². The van der Waals surface area contributed by atoms with Crippen LogP contribution in [0.15, 0.2) is 18.2 Å². The van der Waals surface area contributed by atoms with Gasteiger partial charge in [0.1, 0.15) is 11.6 Å². The molecule has 1 heterocycles. The fourth-order valence-corrected chi connectivity index (χ4v) is 2.60. The largest absolute Gasteiger partial charge is 0.377 e. The molecule has 0 spiro atoms. The summed E-state index contributed by atoms with van der Waals surface area (Å²) in [7, 11) is 0. The summed E-state index contributed by atoms with van der Waals surface area (Å²) >= 11 is 0. The van der Waals surface area contributed by atoms with Crippen LogP contribution in [-0.4, -0.2) is 25.3 Å². The highest BCUT2D eigenvalue weighted by atomic mass is 19.1. The maximum Gasteiger partial charge on any atom is 0.129 e. The Labute approximate surface area is 113 Å². The van der Waals surface area contributed by atoms with Crippen LogP contribution in [0.5, 0.6) is 0 Å². The summed E-state index contributed by atoms with van der Waals surface area (Å²) in [4.78, 5) is 0. The van der Waals surface area contributed by atoms with Crippen molar-refractivity contribution in [2.45, 2.75) is 44.8 Å². The van der Waals surface area contributed by atoms with Gasteiger partial charge in [0, 0.05) is 18.7 Å². The number of likely N-dealkylation sites (N-methyl/N-ethyl adjacent to an activating group) is 1. The molecule has 4 heteroatoms. The molecular formula is C15H21F2NO. The Kier molecular flexibility index (Phi) is 5.28. The van der Waals surface area contributed by atoms with E-state index in [2.05, 4.69) is 5.32 Å². The minimum absolute atomic E-state index is 0.0882. The lowest BCUT2D eigenvalue weighted by Crippen LogP contribution is -2.44. The fourth-order valence-electron chi connectivity index (χ4n) is 2.60. The van der Waals surface area contributed by atoms with E-state index in [1.165, 1.54) is 12.1 Å². The summed E-state index contributed by atoms with van der Waals surface area (Å²) in [5.74, 6) is -1.01. The molecule has 1 aromatic rings. The molecule has 106 valence electrons. The van der Waals surface area contributed by atoms with Gasteiger partial charge in [0.2, 0.25) is 0 Å². The predicted molar refractivity (Wildman–Crippen MR) is 71.1 cm³/mol. The van der Waals surface area contributed by atoms with E-state index in [1.54, 1.807) is 0 Å². The highest BCUT2D eigenvalue weighted by Crippen LogP contribution is 2.20. The summed E-state index contributed by atoms with van der Waals surface area (Å²) < 4.78 is 32.4. The van der Waals surface area contributed by atoms with Crippen LogP contribution in [-0.2, 0) is 11.2 Å².